The van der Waals surface area contributed by atoms with Crippen molar-refractivity contribution in [1.82, 2.24) is 9.97 Å². The van der Waals surface area contributed by atoms with E-state index in [0.717, 1.165) is 11.8 Å². The predicted octanol–water partition coefficient (Wildman–Crippen LogP) is 2.34. The second-order valence-corrected chi connectivity index (χ2v) is 3.61. The topological polar surface area (TPSA) is 45.8 Å². The summed E-state index contributed by atoms with van der Waals surface area (Å²) in [7, 11) is 0. The van der Waals surface area contributed by atoms with E-state index in [1.165, 1.54) is 0 Å². The molecule has 1 aromatic heterocycles. The monoisotopic (exact) mass is 204 g/mol. The first kappa shape index (κ1) is 9.02. The number of carbonyl (C=O) groups excluding carboxylic acids is 1. The molecule has 0 radical (unpaired) electrons. The number of carbonyl (C=O) groups is 1. The molecule has 1 N–H and O–H groups in total. The lowest BCUT2D eigenvalue weighted by molar-refractivity contribution is 0.108. The van der Waals surface area contributed by atoms with Crippen LogP contribution in [0.5, 0.6) is 0 Å². The fourth-order valence-electron chi connectivity index (χ4n) is 1.03. The number of hydrogen-bond donors (Lipinski definition) is 1. The number of rotatable bonds is 2. The van der Waals surface area contributed by atoms with Crippen LogP contribution in [-0.2, 0) is 0 Å². The first-order valence-corrected chi connectivity index (χ1v) is 4.94. The standard InChI is InChI=1S/C10H8N2OS/c13-9(8-4-2-1-3-5-8)14-10-11-6-7-12-10/h1-7H,(H,11,12). The minimum absolute atomic E-state index is 0.000509. The molecule has 0 amide bonds. The predicted molar refractivity (Wildman–Crippen MR) is 55.2 cm³/mol. The quantitative estimate of drug-likeness (QED) is 0.764. The number of aromatic nitrogens is 2. The van der Waals surface area contributed by atoms with Crippen LogP contribution < -0.4 is 0 Å². The van der Waals surface area contributed by atoms with Crippen LogP contribution in [0.3, 0.4) is 0 Å². The largest absolute Gasteiger partial charge is 0.339 e. The lowest BCUT2D eigenvalue weighted by atomic mass is 10.2. The molecule has 0 fully saturated rings. The Hall–Kier alpha value is -1.55. The smallest absolute Gasteiger partial charge is 0.227 e. The summed E-state index contributed by atoms with van der Waals surface area (Å²) in [6.45, 7) is 0. The van der Waals surface area contributed by atoms with Gasteiger partial charge in [-0.1, -0.05) is 30.3 Å². The first-order chi connectivity index (χ1) is 6.86. The molecule has 0 aliphatic carbocycles. The Kier molecular flexibility index (Phi) is 2.65. The van der Waals surface area contributed by atoms with Gasteiger partial charge in [0.25, 0.3) is 0 Å². The van der Waals surface area contributed by atoms with Gasteiger partial charge in [-0.2, -0.15) is 0 Å². The summed E-state index contributed by atoms with van der Waals surface area (Å²) >= 11 is 1.10. The number of imidazole rings is 1. The summed E-state index contributed by atoms with van der Waals surface area (Å²) in [4.78, 5) is 18.5. The maximum Gasteiger partial charge on any atom is 0.227 e. The molecule has 3 nitrogen and oxygen atoms in total. The van der Waals surface area contributed by atoms with Gasteiger partial charge in [0.05, 0.1) is 0 Å². The fraction of sp³-hybridized carbons (Fsp3) is 0. The normalized spacial score (nSPS) is 10.0. The van der Waals surface area contributed by atoms with Crippen LogP contribution in [0, 0.1) is 0 Å². The minimum Gasteiger partial charge on any atom is -0.339 e. The Bertz CT molecular complexity index is 411. The average molecular weight is 204 g/mol. The summed E-state index contributed by atoms with van der Waals surface area (Å²) in [5.74, 6) is 0. The van der Waals surface area contributed by atoms with E-state index < -0.39 is 0 Å². The maximum absolute atomic E-state index is 11.6. The Labute approximate surface area is 85.6 Å². The third-order valence-electron chi connectivity index (χ3n) is 1.67. The van der Waals surface area contributed by atoms with Gasteiger partial charge in [0.1, 0.15) is 0 Å². The average Bonchev–Trinajstić information content (AvgIpc) is 2.72. The number of thioether (sulfide) groups is 1. The number of aromatic amines is 1. The molecule has 14 heavy (non-hydrogen) atoms. The van der Waals surface area contributed by atoms with Crippen molar-refractivity contribution in [2.75, 3.05) is 0 Å². The molecule has 0 spiro atoms. The third kappa shape index (κ3) is 2.03. The molecule has 0 atom stereocenters. The van der Waals surface area contributed by atoms with Crippen molar-refractivity contribution in [3.63, 3.8) is 0 Å². The molecule has 1 heterocycles. The second-order valence-electron chi connectivity index (χ2n) is 2.65. The Balaban J connectivity index is 2.11. The first-order valence-electron chi connectivity index (χ1n) is 4.13. The van der Waals surface area contributed by atoms with Gasteiger partial charge in [-0.05, 0) is 11.8 Å². The molecule has 0 aliphatic heterocycles. The molecule has 70 valence electrons. The van der Waals surface area contributed by atoms with Crippen molar-refractivity contribution in [2.24, 2.45) is 0 Å². The van der Waals surface area contributed by atoms with Gasteiger partial charge in [0, 0.05) is 18.0 Å². The highest BCUT2D eigenvalue weighted by atomic mass is 32.2. The number of nitrogens with one attached hydrogen (secondary N) is 1. The van der Waals surface area contributed by atoms with Crippen molar-refractivity contribution in [1.29, 1.82) is 0 Å². The van der Waals surface area contributed by atoms with Crippen LogP contribution in [0.15, 0.2) is 47.9 Å². The lowest BCUT2D eigenvalue weighted by Gasteiger charge is -1.96. The molecule has 0 saturated heterocycles. The van der Waals surface area contributed by atoms with Crippen molar-refractivity contribution in [3.05, 3.63) is 48.3 Å². The van der Waals surface area contributed by atoms with Gasteiger partial charge < -0.3 is 4.98 Å². The van der Waals surface area contributed by atoms with E-state index in [1.54, 1.807) is 24.5 Å². The van der Waals surface area contributed by atoms with Gasteiger partial charge in [0.2, 0.25) is 5.12 Å². The number of nitrogens with zero attached hydrogens (tertiary/aromatic N) is 1. The zero-order chi connectivity index (χ0) is 9.80. The molecular formula is C10H8N2OS. The molecule has 2 rings (SSSR count). The van der Waals surface area contributed by atoms with Crippen LogP contribution in [0.1, 0.15) is 10.4 Å². The van der Waals surface area contributed by atoms with E-state index in [1.807, 2.05) is 18.2 Å². The Morgan fingerprint density at radius 1 is 1.29 bits per heavy atom. The highest BCUT2D eigenvalue weighted by molar-refractivity contribution is 8.14. The summed E-state index contributed by atoms with van der Waals surface area (Å²) in [6.07, 6.45) is 3.32. The molecule has 2 aromatic rings. The maximum atomic E-state index is 11.6. The van der Waals surface area contributed by atoms with Crippen LogP contribution in [0.25, 0.3) is 0 Å². The lowest BCUT2D eigenvalue weighted by Crippen LogP contribution is -1.92. The van der Waals surface area contributed by atoms with Gasteiger partial charge in [-0.15, -0.1) is 0 Å². The number of benzene rings is 1. The SMILES string of the molecule is O=C(Sc1ncc[nH]1)c1ccccc1. The van der Waals surface area contributed by atoms with Gasteiger partial charge in [-0.3, -0.25) is 4.79 Å². The van der Waals surface area contributed by atoms with E-state index >= 15 is 0 Å². The van der Waals surface area contributed by atoms with E-state index in [9.17, 15) is 4.79 Å². The third-order valence-corrected chi connectivity index (χ3v) is 2.51. The van der Waals surface area contributed by atoms with E-state index in [0.29, 0.717) is 10.7 Å². The summed E-state index contributed by atoms with van der Waals surface area (Å²) < 4.78 is 0. The zero-order valence-electron chi connectivity index (χ0n) is 7.31. The van der Waals surface area contributed by atoms with Crippen LogP contribution >= 0.6 is 11.8 Å². The van der Waals surface area contributed by atoms with Gasteiger partial charge in [0.15, 0.2) is 5.16 Å². The van der Waals surface area contributed by atoms with Crippen LogP contribution in [-0.4, -0.2) is 15.1 Å². The molecule has 0 aliphatic rings. The van der Waals surface area contributed by atoms with Crippen molar-refractivity contribution >= 4 is 16.9 Å². The summed E-state index contributed by atoms with van der Waals surface area (Å²) in [5.41, 5.74) is 0.689. The molecule has 1 aromatic carbocycles. The molecule has 0 bridgehead atoms. The number of H-pyrrole nitrogens is 1. The van der Waals surface area contributed by atoms with E-state index in [2.05, 4.69) is 9.97 Å². The Morgan fingerprint density at radius 2 is 2.07 bits per heavy atom. The van der Waals surface area contributed by atoms with Gasteiger partial charge in [-0.25, -0.2) is 4.98 Å². The summed E-state index contributed by atoms with van der Waals surface area (Å²) in [5, 5.41) is 0.624. The minimum atomic E-state index is 0.000509. The van der Waals surface area contributed by atoms with Crippen molar-refractivity contribution < 1.29 is 4.79 Å². The van der Waals surface area contributed by atoms with Gasteiger partial charge >= 0.3 is 0 Å². The summed E-state index contributed by atoms with van der Waals surface area (Å²) in [6, 6.07) is 9.15. The van der Waals surface area contributed by atoms with E-state index in [-0.39, 0.29) is 5.12 Å². The van der Waals surface area contributed by atoms with E-state index in [4.69, 9.17) is 0 Å². The van der Waals surface area contributed by atoms with Crippen LogP contribution in [0.2, 0.25) is 0 Å². The second kappa shape index (κ2) is 4.11. The molecule has 0 saturated carbocycles. The Morgan fingerprint density at radius 3 is 2.71 bits per heavy atom. The highest BCUT2D eigenvalue weighted by Gasteiger charge is 2.08. The molecular weight excluding hydrogens is 196 g/mol. The molecule has 4 heteroatoms. The fourth-order valence-corrected chi connectivity index (χ4v) is 1.70. The van der Waals surface area contributed by atoms with Crippen molar-refractivity contribution in [3.8, 4) is 0 Å². The van der Waals surface area contributed by atoms with Crippen LogP contribution in [0.4, 0.5) is 0 Å². The zero-order valence-corrected chi connectivity index (χ0v) is 8.12. The van der Waals surface area contributed by atoms with Crippen molar-refractivity contribution in [2.45, 2.75) is 5.16 Å². The molecule has 0 unspecified atom stereocenters. The number of hydrogen-bond acceptors (Lipinski definition) is 3. The highest BCUT2D eigenvalue weighted by Crippen LogP contribution is 2.18.